The van der Waals surface area contributed by atoms with Gasteiger partial charge in [-0.05, 0) is 24.6 Å². The first-order valence-corrected chi connectivity index (χ1v) is 4.77. The van der Waals surface area contributed by atoms with Gasteiger partial charge in [0.1, 0.15) is 6.07 Å². The van der Waals surface area contributed by atoms with Gasteiger partial charge in [0.15, 0.2) is 0 Å². The first kappa shape index (κ1) is 10.1. The molecule has 0 spiro atoms. The highest BCUT2D eigenvalue weighted by Crippen LogP contribution is 2.21. The molecule has 0 aliphatic heterocycles. The highest BCUT2D eigenvalue weighted by molar-refractivity contribution is 5.67. The van der Waals surface area contributed by atoms with Gasteiger partial charge in [0.25, 0.3) is 0 Å². The fourth-order valence-corrected chi connectivity index (χ4v) is 1.48. The smallest absolute Gasteiger partial charge is 0.247 e. The molecular formula is C12H9N3O. The SMILES string of the molecule is Cc1ccnc(-c2ccc(=O)[nH]c2)c1C#N. The van der Waals surface area contributed by atoms with Gasteiger partial charge in [0, 0.05) is 24.0 Å². The van der Waals surface area contributed by atoms with Crippen LogP contribution >= 0.6 is 0 Å². The molecule has 2 aromatic heterocycles. The van der Waals surface area contributed by atoms with Crippen LogP contribution in [0.5, 0.6) is 0 Å². The van der Waals surface area contributed by atoms with Gasteiger partial charge in [-0.25, -0.2) is 0 Å². The summed E-state index contributed by atoms with van der Waals surface area (Å²) >= 11 is 0. The summed E-state index contributed by atoms with van der Waals surface area (Å²) in [6.07, 6.45) is 3.21. The second kappa shape index (κ2) is 3.99. The number of H-pyrrole nitrogens is 1. The van der Waals surface area contributed by atoms with E-state index in [4.69, 9.17) is 5.26 Å². The standard InChI is InChI=1S/C12H9N3O/c1-8-4-5-14-12(10(8)6-13)9-2-3-11(16)15-7-9/h2-5,7H,1H3,(H,15,16). The molecular weight excluding hydrogens is 202 g/mol. The quantitative estimate of drug-likeness (QED) is 0.779. The van der Waals surface area contributed by atoms with Crippen LogP contribution in [0.1, 0.15) is 11.1 Å². The molecule has 0 fully saturated rings. The maximum atomic E-state index is 10.9. The predicted octanol–water partition coefficient (Wildman–Crippen LogP) is 1.62. The third-order valence-corrected chi connectivity index (χ3v) is 2.33. The zero-order valence-corrected chi connectivity index (χ0v) is 8.69. The van der Waals surface area contributed by atoms with E-state index in [9.17, 15) is 4.79 Å². The molecule has 16 heavy (non-hydrogen) atoms. The number of aromatic nitrogens is 2. The van der Waals surface area contributed by atoms with Crippen LogP contribution in [0.15, 0.2) is 35.4 Å². The fraction of sp³-hybridized carbons (Fsp3) is 0.0833. The average molecular weight is 211 g/mol. The molecule has 4 nitrogen and oxygen atoms in total. The van der Waals surface area contributed by atoms with Crippen LogP contribution in [0.2, 0.25) is 0 Å². The predicted molar refractivity (Wildman–Crippen MR) is 59.7 cm³/mol. The molecule has 0 radical (unpaired) electrons. The first-order chi connectivity index (χ1) is 7.72. The lowest BCUT2D eigenvalue weighted by molar-refractivity contribution is 1.21. The number of nitrogens with one attached hydrogen (secondary N) is 1. The summed E-state index contributed by atoms with van der Waals surface area (Å²) in [5.41, 5.74) is 2.57. The van der Waals surface area contributed by atoms with Gasteiger partial charge < -0.3 is 4.98 Å². The number of nitriles is 1. The summed E-state index contributed by atoms with van der Waals surface area (Å²) in [4.78, 5) is 17.7. The van der Waals surface area contributed by atoms with E-state index in [-0.39, 0.29) is 5.56 Å². The molecule has 2 heterocycles. The van der Waals surface area contributed by atoms with Crippen molar-refractivity contribution in [1.29, 1.82) is 5.26 Å². The van der Waals surface area contributed by atoms with Crippen LogP contribution in [-0.2, 0) is 0 Å². The molecule has 2 rings (SSSR count). The molecule has 78 valence electrons. The topological polar surface area (TPSA) is 69.5 Å². The van der Waals surface area contributed by atoms with Crippen LogP contribution in [0.4, 0.5) is 0 Å². The van der Waals surface area contributed by atoms with Gasteiger partial charge >= 0.3 is 0 Å². The first-order valence-electron chi connectivity index (χ1n) is 4.77. The Bertz CT molecular complexity index is 602. The maximum absolute atomic E-state index is 10.9. The average Bonchev–Trinajstić information content (AvgIpc) is 2.30. The van der Waals surface area contributed by atoms with Gasteiger partial charge in [-0.3, -0.25) is 9.78 Å². The minimum absolute atomic E-state index is 0.171. The minimum Gasteiger partial charge on any atom is -0.328 e. The van der Waals surface area contributed by atoms with Crippen LogP contribution in [-0.4, -0.2) is 9.97 Å². The minimum atomic E-state index is -0.171. The molecule has 0 amide bonds. The Morgan fingerprint density at radius 3 is 2.81 bits per heavy atom. The van der Waals surface area contributed by atoms with E-state index in [0.717, 1.165) is 11.1 Å². The number of pyridine rings is 2. The Morgan fingerprint density at radius 2 is 2.19 bits per heavy atom. The third kappa shape index (κ3) is 1.71. The largest absolute Gasteiger partial charge is 0.328 e. The molecule has 0 saturated heterocycles. The van der Waals surface area contributed by atoms with Crippen LogP contribution in [0.25, 0.3) is 11.3 Å². The number of aryl methyl sites for hydroxylation is 1. The van der Waals surface area contributed by atoms with Crippen molar-refractivity contribution in [2.24, 2.45) is 0 Å². The molecule has 0 atom stereocenters. The number of hydrogen-bond acceptors (Lipinski definition) is 3. The van der Waals surface area contributed by atoms with Crippen LogP contribution in [0.3, 0.4) is 0 Å². The lowest BCUT2D eigenvalue weighted by Crippen LogP contribution is -2.02. The molecule has 0 unspecified atom stereocenters. The zero-order valence-electron chi connectivity index (χ0n) is 8.69. The Morgan fingerprint density at radius 1 is 1.38 bits per heavy atom. The fourth-order valence-electron chi connectivity index (χ4n) is 1.48. The van der Waals surface area contributed by atoms with Crippen molar-refractivity contribution < 1.29 is 0 Å². The van der Waals surface area contributed by atoms with Gasteiger partial charge in [-0.1, -0.05) is 0 Å². The summed E-state index contributed by atoms with van der Waals surface area (Å²) in [6, 6.07) is 6.98. The van der Waals surface area contributed by atoms with E-state index in [1.807, 2.05) is 6.92 Å². The lowest BCUT2D eigenvalue weighted by atomic mass is 10.0. The summed E-state index contributed by atoms with van der Waals surface area (Å²) in [5.74, 6) is 0. The lowest BCUT2D eigenvalue weighted by Gasteiger charge is -2.04. The van der Waals surface area contributed by atoms with Crippen molar-refractivity contribution in [2.45, 2.75) is 6.92 Å². The highest BCUT2D eigenvalue weighted by atomic mass is 16.1. The summed E-state index contributed by atoms with van der Waals surface area (Å²) in [7, 11) is 0. The van der Waals surface area contributed by atoms with Gasteiger partial charge in [-0.15, -0.1) is 0 Å². The van der Waals surface area contributed by atoms with Crippen molar-refractivity contribution in [1.82, 2.24) is 9.97 Å². The van der Waals surface area contributed by atoms with Crippen molar-refractivity contribution in [3.8, 4) is 17.3 Å². The van der Waals surface area contributed by atoms with E-state index in [0.29, 0.717) is 11.3 Å². The Labute approximate surface area is 92.2 Å². The highest BCUT2D eigenvalue weighted by Gasteiger charge is 2.08. The Hall–Kier alpha value is -2.41. The molecule has 4 heteroatoms. The number of nitrogens with zero attached hydrogens (tertiary/aromatic N) is 2. The Balaban J connectivity index is 2.65. The van der Waals surface area contributed by atoms with Crippen molar-refractivity contribution in [3.05, 3.63) is 52.1 Å². The van der Waals surface area contributed by atoms with Gasteiger partial charge in [0.05, 0.1) is 11.3 Å². The van der Waals surface area contributed by atoms with E-state index in [2.05, 4.69) is 16.0 Å². The van der Waals surface area contributed by atoms with E-state index >= 15 is 0 Å². The van der Waals surface area contributed by atoms with Gasteiger partial charge in [-0.2, -0.15) is 5.26 Å². The molecule has 0 aliphatic rings. The molecule has 0 aromatic carbocycles. The molecule has 2 aromatic rings. The van der Waals surface area contributed by atoms with E-state index in [1.54, 1.807) is 24.5 Å². The maximum Gasteiger partial charge on any atom is 0.247 e. The second-order valence-corrected chi connectivity index (χ2v) is 3.40. The molecule has 0 saturated carbocycles. The second-order valence-electron chi connectivity index (χ2n) is 3.40. The van der Waals surface area contributed by atoms with Crippen molar-refractivity contribution >= 4 is 0 Å². The third-order valence-electron chi connectivity index (χ3n) is 2.33. The number of hydrogen-bond donors (Lipinski definition) is 1. The van der Waals surface area contributed by atoms with Crippen molar-refractivity contribution in [3.63, 3.8) is 0 Å². The molecule has 0 aliphatic carbocycles. The normalized spacial score (nSPS) is 9.75. The van der Waals surface area contributed by atoms with E-state index in [1.165, 1.54) is 6.07 Å². The van der Waals surface area contributed by atoms with Crippen LogP contribution < -0.4 is 5.56 Å². The summed E-state index contributed by atoms with van der Waals surface area (Å²) < 4.78 is 0. The monoisotopic (exact) mass is 211 g/mol. The molecule has 0 bridgehead atoms. The molecule has 1 N–H and O–H groups in total. The Kier molecular flexibility index (Phi) is 2.52. The summed E-state index contributed by atoms with van der Waals surface area (Å²) in [6.45, 7) is 1.86. The summed E-state index contributed by atoms with van der Waals surface area (Å²) in [5, 5.41) is 9.05. The number of aromatic amines is 1. The van der Waals surface area contributed by atoms with E-state index < -0.39 is 0 Å². The number of rotatable bonds is 1. The van der Waals surface area contributed by atoms with Crippen LogP contribution in [0, 0.1) is 18.3 Å². The zero-order chi connectivity index (χ0) is 11.5. The van der Waals surface area contributed by atoms with Crippen molar-refractivity contribution in [2.75, 3.05) is 0 Å². The van der Waals surface area contributed by atoms with Gasteiger partial charge in [0.2, 0.25) is 5.56 Å².